The van der Waals surface area contributed by atoms with Crippen molar-refractivity contribution in [1.29, 1.82) is 0 Å². The summed E-state index contributed by atoms with van der Waals surface area (Å²) < 4.78 is 0. The standard InChI is InChI=1S/C13H10Cl2O/c14-10-6-7-11(12(15)8-10)13(16)9-4-2-1-3-5-9/h1-8,13,16H/t13-/m0/s1. The number of halogens is 2. The van der Waals surface area contributed by atoms with Crippen molar-refractivity contribution in [3.05, 3.63) is 69.7 Å². The second kappa shape index (κ2) is 4.88. The molecule has 0 saturated heterocycles. The molecule has 0 unspecified atom stereocenters. The summed E-state index contributed by atoms with van der Waals surface area (Å²) in [5.41, 5.74) is 1.48. The zero-order valence-corrected chi connectivity index (χ0v) is 9.91. The molecule has 16 heavy (non-hydrogen) atoms. The van der Waals surface area contributed by atoms with Crippen LogP contribution in [0.1, 0.15) is 17.2 Å². The Bertz CT molecular complexity index is 483. The molecule has 2 rings (SSSR count). The highest BCUT2D eigenvalue weighted by molar-refractivity contribution is 6.35. The normalized spacial score (nSPS) is 12.4. The zero-order valence-electron chi connectivity index (χ0n) is 8.40. The van der Waals surface area contributed by atoms with E-state index in [0.717, 1.165) is 5.56 Å². The molecule has 0 aliphatic rings. The van der Waals surface area contributed by atoms with Gasteiger partial charge in [-0.05, 0) is 17.7 Å². The summed E-state index contributed by atoms with van der Waals surface area (Å²) in [6.07, 6.45) is -0.717. The molecule has 3 heteroatoms. The van der Waals surface area contributed by atoms with Gasteiger partial charge in [0.25, 0.3) is 0 Å². The molecule has 0 saturated carbocycles. The Labute approximate surface area is 104 Å². The molecule has 1 N–H and O–H groups in total. The molecule has 0 fully saturated rings. The molecule has 2 aromatic rings. The summed E-state index contributed by atoms with van der Waals surface area (Å²) in [6.45, 7) is 0. The number of hydrogen-bond acceptors (Lipinski definition) is 1. The molecule has 0 aliphatic heterocycles. The van der Waals surface area contributed by atoms with Crippen LogP contribution < -0.4 is 0 Å². The van der Waals surface area contributed by atoms with Gasteiger partial charge in [-0.2, -0.15) is 0 Å². The van der Waals surface area contributed by atoms with E-state index < -0.39 is 6.10 Å². The molecule has 2 aromatic carbocycles. The predicted octanol–water partition coefficient (Wildman–Crippen LogP) is 4.08. The van der Waals surface area contributed by atoms with Crippen LogP contribution in [0.25, 0.3) is 0 Å². The minimum absolute atomic E-state index is 0.476. The van der Waals surface area contributed by atoms with E-state index in [1.807, 2.05) is 30.3 Å². The van der Waals surface area contributed by atoms with Crippen LogP contribution in [0, 0.1) is 0 Å². The molecular formula is C13H10Cl2O. The van der Waals surface area contributed by atoms with E-state index in [4.69, 9.17) is 23.2 Å². The summed E-state index contributed by atoms with van der Waals surface area (Å²) in [7, 11) is 0. The Morgan fingerprint density at radius 1 is 0.938 bits per heavy atom. The maximum absolute atomic E-state index is 10.1. The van der Waals surface area contributed by atoms with Gasteiger partial charge in [-0.3, -0.25) is 0 Å². The number of aliphatic hydroxyl groups excluding tert-OH is 1. The van der Waals surface area contributed by atoms with Crippen LogP contribution in [-0.4, -0.2) is 5.11 Å². The molecule has 82 valence electrons. The first-order chi connectivity index (χ1) is 7.68. The second-order valence-electron chi connectivity index (χ2n) is 3.48. The summed E-state index contributed by atoms with van der Waals surface area (Å²) in [6, 6.07) is 14.5. The molecule has 0 aliphatic carbocycles. The lowest BCUT2D eigenvalue weighted by atomic mass is 10.0. The topological polar surface area (TPSA) is 20.2 Å². The summed E-state index contributed by atoms with van der Waals surface area (Å²) >= 11 is 11.8. The highest BCUT2D eigenvalue weighted by Gasteiger charge is 2.13. The Kier molecular flexibility index (Phi) is 3.49. The van der Waals surface area contributed by atoms with Crippen LogP contribution in [0.4, 0.5) is 0 Å². The minimum atomic E-state index is -0.717. The predicted molar refractivity (Wildman–Crippen MR) is 67.0 cm³/mol. The maximum Gasteiger partial charge on any atom is 0.105 e. The molecule has 0 heterocycles. The van der Waals surface area contributed by atoms with Crippen LogP contribution in [-0.2, 0) is 0 Å². The van der Waals surface area contributed by atoms with Crippen LogP contribution in [0.5, 0.6) is 0 Å². The molecule has 0 amide bonds. The average molecular weight is 253 g/mol. The SMILES string of the molecule is O[C@@H](c1ccccc1)c1ccc(Cl)cc1Cl. The second-order valence-corrected chi connectivity index (χ2v) is 4.32. The van der Waals surface area contributed by atoms with Gasteiger partial charge in [0.2, 0.25) is 0 Å². The monoisotopic (exact) mass is 252 g/mol. The molecule has 0 bridgehead atoms. The van der Waals surface area contributed by atoms with Crippen LogP contribution in [0.2, 0.25) is 10.0 Å². The fraction of sp³-hybridized carbons (Fsp3) is 0.0769. The minimum Gasteiger partial charge on any atom is -0.384 e. The van der Waals surface area contributed by atoms with E-state index in [1.54, 1.807) is 18.2 Å². The lowest BCUT2D eigenvalue weighted by Crippen LogP contribution is -1.99. The van der Waals surface area contributed by atoms with Crippen molar-refractivity contribution in [3.8, 4) is 0 Å². The highest BCUT2D eigenvalue weighted by atomic mass is 35.5. The lowest BCUT2D eigenvalue weighted by Gasteiger charge is -2.13. The Hall–Kier alpha value is -1.02. The quantitative estimate of drug-likeness (QED) is 0.855. The van der Waals surface area contributed by atoms with Gasteiger partial charge in [-0.15, -0.1) is 0 Å². The number of hydrogen-bond donors (Lipinski definition) is 1. The first kappa shape index (κ1) is 11.5. The summed E-state index contributed by atoms with van der Waals surface area (Å²) in [4.78, 5) is 0. The lowest BCUT2D eigenvalue weighted by molar-refractivity contribution is 0.220. The molecule has 1 atom stereocenters. The summed E-state index contributed by atoms with van der Waals surface area (Å²) in [5.74, 6) is 0. The highest BCUT2D eigenvalue weighted by Crippen LogP contribution is 2.30. The van der Waals surface area contributed by atoms with Crippen molar-refractivity contribution in [1.82, 2.24) is 0 Å². The van der Waals surface area contributed by atoms with Gasteiger partial charge in [0.1, 0.15) is 6.10 Å². The van der Waals surface area contributed by atoms with Gasteiger partial charge < -0.3 is 5.11 Å². The first-order valence-electron chi connectivity index (χ1n) is 4.86. The molecule has 0 spiro atoms. The molecule has 0 aromatic heterocycles. The fourth-order valence-electron chi connectivity index (χ4n) is 1.54. The van der Waals surface area contributed by atoms with E-state index in [1.165, 1.54) is 0 Å². The van der Waals surface area contributed by atoms with E-state index in [-0.39, 0.29) is 0 Å². The van der Waals surface area contributed by atoms with Crippen LogP contribution >= 0.6 is 23.2 Å². The van der Waals surface area contributed by atoms with Crippen molar-refractivity contribution in [3.63, 3.8) is 0 Å². The van der Waals surface area contributed by atoms with Crippen molar-refractivity contribution in [2.45, 2.75) is 6.10 Å². The smallest absolute Gasteiger partial charge is 0.105 e. The van der Waals surface area contributed by atoms with E-state index in [9.17, 15) is 5.11 Å². The molecular weight excluding hydrogens is 243 g/mol. The van der Waals surface area contributed by atoms with E-state index in [2.05, 4.69) is 0 Å². The third kappa shape index (κ3) is 2.38. The first-order valence-corrected chi connectivity index (χ1v) is 5.62. The van der Waals surface area contributed by atoms with Gasteiger partial charge in [0, 0.05) is 15.6 Å². The van der Waals surface area contributed by atoms with Crippen molar-refractivity contribution < 1.29 is 5.11 Å². The van der Waals surface area contributed by atoms with Crippen molar-refractivity contribution in [2.75, 3.05) is 0 Å². The summed E-state index contributed by atoms with van der Waals surface area (Å²) in [5, 5.41) is 11.2. The van der Waals surface area contributed by atoms with Crippen LogP contribution in [0.3, 0.4) is 0 Å². The van der Waals surface area contributed by atoms with Gasteiger partial charge in [0.15, 0.2) is 0 Å². The fourth-order valence-corrected chi connectivity index (χ4v) is 2.05. The third-order valence-electron chi connectivity index (χ3n) is 2.37. The third-order valence-corrected chi connectivity index (χ3v) is 2.93. The van der Waals surface area contributed by atoms with Gasteiger partial charge in [-0.25, -0.2) is 0 Å². The largest absolute Gasteiger partial charge is 0.384 e. The van der Waals surface area contributed by atoms with Gasteiger partial charge in [-0.1, -0.05) is 59.6 Å². The number of rotatable bonds is 2. The van der Waals surface area contributed by atoms with Crippen molar-refractivity contribution >= 4 is 23.2 Å². The molecule has 1 nitrogen and oxygen atoms in total. The number of benzene rings is 2. The van der Waals surface area contributed by atoms with Gasteiger partial charge in [0.05, 0.1) is 0 Å². The Balaban J connectivity index is 2.38. The van der Waals surface area contributed by atoms with Crippen molar-refractivity contribution in [2.24, 2.45) is 0 Å². The average Bonchev–Trinajstić information content (AvgIpc) is 2.29. The van der Waals surface area contributed by atoms with E-state index >= 15 is 0 Å². The van der Waals surface area contributed by atoms with E-state index in [0.29, 0.717) is 15.6 Å². The maximum atomic E-state index is 10.1. The van der Waals surface area contributed by atoms with Crippen LogP contribution in [0.15, 0.2) is 48.5 Å². The Morgan fingerprint density at radius 2 is 1.62 bits per heavy atom. The van der Waals surface area contributed by atoms with Gasteiger partial charge >= 0.3 is 0 Å². The zero-order chi connectivity index (χ0) is 11.5. The Morgan fingerprint density at radius 3 is 2.25 bits per heavy atom. The molecule has 0 radical (unpaired) electrons. The number of aliphatic hydroxyl groups is 1.